The van der Waals surface area contributed by atoms with Crippen LogP contribution in [0.1, 0.15) is 24.5 Å². The molecular formula is C22H23NO5. The quantitative estimate of drug-likeness (QED) is 0.611. The monoisotopic (exact) mass is 381 g/mol. The van der Waals surface area contributed by atoms with E-state index in [1.54, 1.807) is 12.1 Å². The topological polar surface area (TPSA) is 73.9 Å². The number of carbonyl (C=O) groups excluding carboxylic acids is 2. The Morgan fingerprint density at radius 3 is 2.57 bits per heavy atom. The lowest BCUT2D eigenvalue weighted by atomic mass is 10.1. The van der Waals surface area contributed by atoms with E-state index in [1.165, 1.54) is 11.6 Å². The Hall–Kier alpha value is -3.28. The first-order chi connectivity index (χ1) is 13.6. The molecule has 2 aromatic rings. The van der Waals surface area contributed by atoms with Crippen molar-refractivity contribution in [2.75, 3.05) is 25.1 Å². The summed E-state index contributed by atoms with van der Waals surface area (Å²) in [5, 5.41) is 2.69. The van der Waals surface area contributed by atoms with Gasteiger partial charge in [0.15, 0.2) is 18.1 Å². The van der Waals surface area contributed by atoms with Crippen LogP contribution >= 0.6 is 0 Å². The van der Waals surface area contributed by atoms with Crippen LogP contribution in [-0.4, -0.2) is 31.7 Å². The molecule has 0 atom stereocenters. The van der Waals surface area contributed by atoms with E-state index in [2.05, 4.69) is 12.2 Å². The van der Waals surface area contributed by atoms with E-state index in [4.69, 9.17) is 14.2 Å². The molecule has 0 aliphatic carbocycles. The lowest BCUT2D eigenvalue weighted by Crippen LogP contribution is -2.20. The van der Waals surface area contributed by atoms with E-state index >= 15 is 0 Å². The Kier molecular flexibility index (Phi) is 6.68. The maximum atomic E-state index is 11.9. The Balaban J connectivity index is 1.48. The first kappa shape index (κ1) is 19.5. The minimum Gasteiger partial charge on any atom is -0.490 e. The molecule has 1 aliphatic rings. The summed E-state index contributed by atoms with van der Waals surface area (Å²) in [6, 6.07) is 13.0. The van der Waals surface area contributed by atoms with Gasteiger partial charge in [-0.05, 0) is 47.9 Å². The normalized spacial score (nSPS) is 13.0. The summed E-state index contributed by atoms with van der Waals surface area (Å²) in [5.74, 6) is 0.368. The van der Waals surface area contributed by atoms with Crippen LogP contribution in [0.25, 0.3) is 6.08 Å². The lowest BCUT2D eigenvalue weighted by molar-refractivity contribution is -0.142. The van der Waals surface area contributed by atoms with Gasteiger partial charge in [-0.2, -0.15) is 0 Å². The minimum absolute atomic E-state index is 0.347. The fourth-order valence-electron chi connectivity index (χ4n) is 2.65. The van der Waals surface area contributed by atoms with Crippen LogP contribution in [-0.2, 0) is 20.7 Å². The van der Waals surface area contributed by atoms with Gasteiger partial charge < -0.3 is 19.5 Å². The summed E-state index contributed by atoms with van der Waals surface area (Å²) >= 11 is 0. The van der Waals surface area contributed by atoms with Gasteiger partial charge in [0, 0.05) is 18.2 Å². The van der Waals surface area contributed by atoms with Crippen molar-refractivity contribution in [1.82, 2.24) is 0 Å². The molecule has 146 valence electrons. The minimum atomic E-state index is -0.594. The average Bonchev–Trinajstić information content (AvgIpc) is 2.96. The van der Waals surface area contributed by atoms with Crippen LogP contribution in [0.15, 0.2) is 48.5 Å². The van der Waals surface area contributed by atoms with Crippen molar-refractivity contribution in [1.29, 1.82) is 0 Å². The van der Waals surface area contributed by atoms with Crippen LogP contribution in [0.3, 0.4) is 0 Å². The molecule has 0 saturated carbocycles. The predicted molar refractivity (Wildman–Crippen MR) is 106 cm³/mol. The van der Waals surface area contributed by atoms with Crippen molar-refractivity contribution in [3.8, 4) is 11.5 Å². The van der Waals surface area contributed by atoms with Gasteiger partial charge in [-0.15, -0.1) is 0 Å². The zero-order valence-corrected chi connectivity index (χ0v) is 15.8. The summed E-state index contributed by atoms with van der Waals surface area (Å²) in [4.78, 5) is 23.8. The van der Waals surface area contributed by atoms with Crippen molar-refractivity contribution in [3.63, 3.8) is 0 Å². The highest BCUT2D eigenvalue weighted by Crippen LogP contribution is 2.30. The molecule has 1 N–H and O–H groups in total. The van der Waals surface area contributed by atoms with Crippen LogP contribution < -0.4 is 14.8 Å². The molecule has 28 heavy (non-hydrogen) atoms. The fraction of sp³-hybridized carbons (Fsp3) is 0.273. The van der Waals surface area contributed by atoms with Gasteiger partial charge in [0.05, 0.1) is 13.2 Å². The number of hydrogen-bond acceptors (Lipinski definition) is 5. The molecule has 0 spiro atoms. The number of benzene rings is 2. The molecule has 0 radical (unpaired) electrons. The second kappa shape index (κ2) is 9.60. The highest BCUT2D eigenvalue weighted by Gasteiger charge is 2.10. The van der Waals surface area contributed by atoms with Gasteiger partial charge in [-0.25, -0.2) is 4.79 Å². The number of fused-ring (bicyclic) bond motifs is 1. The van der Waals surface area contributed by atoms with E-state index in [-0.39, 0.29) is 12.5 Å². The molecule has 0 fully saturated rings. The van der Waals surface area contributed by atoms with Crippen molar-refractivity contribution in [2.24, 2.45) is 0 Å². The third-order valence-corrected chi connectivity index (χ3v) is 4.17. The average molecular weight is 381 g/mol. The molecule has 0 bridgehead atoms. The number of anilines is 1. The van der Waals surface area contributed by atoms with E-state index in [9.17, 15) is 9.59 Å². The van der Waals surface area contributed by atoms with Crippen LogP contribution in [0.4, 0.5) is 5.69 Å². The Labute approximate surface area is 164 Å². The summed E-state index contributed by atoms with van der Waals surface area (Å²) in [6.45, 7) is 2.94. The molecule has 0 unspecified atom stereocenters. The molecule has 6 heteroatoms. The predicted octanol–water partition coefficient (Wildman–Crippen LogP) is 3.61. The van der Waals surface area contributed by atoms with Crippen LogP contribution in [0, 0.1) is 0 Å². The Bertz CT molecular complexity index is 858. The van der Waals surface area contributed by atoms with E-state index in [0.717, 1.165) is 18.4 Å². The number of esters is 1. The van der Waals surface area contributed by atoms with Gasteiger partial charge in [-0.1, -0.05) is 25.1 Å². The van der Waals surface area contributed by atoms with Crippen molar-refractivity contribution >= 4 is 23.6 Å². The molecule has 0 saturated heterocycles. The number of hydrogen-bond donors (Lipinski definition) is 1. The van der Waals surface area contributed by atoms with Crippen LogP contribution in [0.2, 0.25) is 0 Å². The molecule has 2 aromatic carbocycles. The zero-order valence-electron chi connectivity index (χ0n) is 15.8. The maximum absolute atomic E-state index is 11.9. The van der Waals surface area contributed by atoms with Gasteiger partial charge in [0.25, 0.3) is 5.91 Å². The Morgan fingerprint density at radius 2 is 1.82 bits per heavy atom. The molecule has 1 heterocycles. The molecule has 0 aromatic heterocycles. The van der Waals surface area contributed by atoms with Crippen LogP contribution in [0.5, 0.6) is 11.5 Å². The van der Waals surface area contributed by atoms with E-state index < -0.39 is 5.97 Å². The molecular weight excluding hydrogens is 358 g/mol. The highest BCUT2D eigenvalue weighted by molar-refractivity contribution is 5.94. The third-order valence-electron chi connectivity index (χ3n) is 4.17. The van der Waals surface area contributed by atoms with Crippen molar-refractivity contribution < 1.29 is 23.8 Å². The number of amides is 1. The zero-order chi connectivity index (χ0) is 19.8. The molecule has 1 aliphatic heterocycles. The number of carbonyl (C=O) groups is 2. The molecule has 1 amide bonds. The fourth-order valence-corrected chi connectivity index (χ4v) is 2.65. The lowest BCUT2D eigenvalue weighted by Gasteiger charge is -2.07. The summed E-state index contributed by atoms with van der Waals surface area (Å²) in [7, 11) is 0. The Morgan fingerprint density at radius 1 is 1.07 bits per heavy atom. The number of ether oxygens (including phenoxy) is 3. The van der Waals surface area contributed by atoms with E-state index in [1.807, 2.05) is 36.4 Å². The number of rotatable bonds is 6. The summed E-state index contributed by atoms with van der Waals surface area (Å²) < 4.78 is 16.2. The second-order valence-electron chi connectivity index (χ2n) is 6.30. The highest BCUT2D eigenvalue weighted by atomic mass is 16.5. The van der Waals surface area contributed by atoms with Gasteiger partial charge in [0.2, 0.25) is 0 Å². The number of nitrogens with one attached hydrogen (secondary N) is 1. The smallest absolute Gasteiger partial charge is 0.331 e. The second-order valence-corrected chi connectivity index (χ2v) is 6.30. The molecule has 6 nitrogen and oxygen atoms in total. The SMILES string of the molecule is CCc1ccc(NC(=O)COC(=O)/C=C/c2ccc3c(c2)OCCCO3)cc1. The molecule has 3 rings (SSSR count). The van der Waals surface area contributed by atoms with Gasteiger partial charge in [0.1, 0.15) is 0 Å². The number of aryl methyl sites for hydroxylation is 1. The first-order valence-electron chi connectivity index (χ1n) is 9.27. The van der Waals surface area contributed by atoms with Crippen molar-refractivity contribution in [3.05, 3.63) is 59.7 Å². The standard InChI is InChI=1S/C22H23NO5/c1-2-16-4-8-18(9-5-16)23-21(24)15-28-22(25)11-7-17-6-10-19-20(14-17)27-13-3-12-26-19/h4-11,14H,2-3,12-13,15H2,1H3,(H,23,24)/b11-7+. The van der Waals surface area contributed by atoms with Gasteiger partial charge in [-0.3, -0.25) is 4.79 Å². The maximum Gasteiger partial charge on any atom is 0.331 e. The summed E-state index contributed by atoms with van der Waals surface area (Å²) in [5.41, 5.74) is 2.63. The van der Waals surface area contributed by atoms with Crippen molar-refractivity contribution in [2.45, 2.75) is 19.8 Å². The first-order valence-corrected chi connectivity index (χ1v) is 9.27. The third kappa shape index (κ3) is 5.61. The van der Waals surface area contributed by atoms with Gasteiger partial charge >= 0.3 is 5.97 Å². The van der Waals surface area contributed by atoms with E-state index in [0.29, 0.717) is 30.4 Å². The summed E-state index contributed by atoms with van der Waals surface area (Å²) in [6.07, 6.45) is 4.65. The largest absolute Gasteiger partial charge is 0.490 e.